The van der Waals surface area contributed by atoms with Gasteiger partial charge >= 0.3 is 5.97 Å². The Hall–Kier alpha value is -1.82. The van der Waals surface area contributed by atoms with Crippen molar-refractivity contribution in [2.45, 2.75) is 30.6 Å². The van der Waals surface area contributed by atoms with Crippen molar-refractivity contribution in [1.29, 1.82) is 0 Å². The number of hydrogen-bond acceptors (Lipinski definition) is 5. The van der Waals surface area contributed by atoms with Crippen molar-refractivity contribution in [2.75, 3.05) is 6.26 Å². The fraction of sp³-hybridized carbons (Fsp3) is 0.357. The molecule has 0 spiro atoms. The average molecular weight is 292 g/mol. The number of aryl methyl sites for hydroxylation is 1. The summed E-state index contributed by atoms with van der Waals surface area (Å²) < 4.78 is 5.64. The molecular formula is C14H16N2O3S. The summed E-state index contributed by atoms with van der Waals surface area (Å²) in [4.78, 5) is 11.5. The Bertz CT molecular complexity index is 583. The van der Waals surface area contributed by atoms with E-state index in [0.29, 0.717) is 24.6 Å². The minimum absolute atomic E-state index is 0.177. The summed E-state index contributed by atoms with van der Waals surface area (Å²) in [5.41, 5.74) is 0.935. The van der Waals surface area contributed by atoms with Crippen LogP contribution in [0.1, 0.15) is 25.2 Å². The van der Waals surface area contributed by atoms with E-state index in [0.717, 1.165) is 16.9 Å². The van der Waals surface area contributed by atoms with Gasteiger partial charge in [-0.05, 0) is 31.2 Å². The fourth-order valence-corrected chi connectivity index (χ4v) is 2.43. The Kier molecular flexibility index (Phi) is 5.17. The monoisotopic (exact) mass is 292 g/mol. The fourth-order valence-electron chi connectivity index (χ4n) is 1.84. The van der Waals surface area contributed by atoms with Crippen molar-refractivity contribution < 1.29 is 14.3 Å². The lowest BCUT2D eigenvalue weighted by molar-refractivity contribution is -0.137. The van der Waals surface area contributed by atoms with Crippen molar-refractivity contribution >= 4 is 17.7 Å². The second-order valence-corrected chi connectivity index (χ2v) is 5.15. The molecule has 0 saturated heterocycles. The number of aliphatic carboxylic acids is 1. The van der Waals surface area contributed by atoms with Gasteiger partial charge in [0.2, 0.25) is 11.8 Å². The number of aromatic nitrogens is 2. The number of carbonyl (C=O) groups is 1. The number of unbranched alkanes of at least 4 members (excludes halogenated alkanes) is 1. The van der Waals surface area contributed by atoms with E-state index in [1.54, 1.807) is 11.8 Å². The van der Waals surface area contributed by atoms with E-state index >= 15 is 0 Å². The molecule has 2 aromatic rings. The molecule has 1 aromatic heterocycles. The van der Waals surface area contributed by atoms with Crippen LogP contribution in [0.25, 0.3) is 11.5 Å². The maximum atomic E-state index is 10.4. The van der Waals surface area contributed by atoms with Crippen LogP contribution in [0.4, 0.5) is 0 Å². The van der Waals surface area contributed by atoms with Crippen LogP contribution in [-0.4, -0.2) is 27.5 Å². The molecule has 20 heavy (non-hydrogen) atoms. The number of carboxylic acid groups (broad SMARTS) is 1. The molecule has 1 aromatic carbocycles. The zero-order valence-corrected chi connectivity index (χ0v) is 12.0. The number of benzene rings is 1. The highest BCUT2D eigenvalue weighted by Crippen LogP contribution is 2.29. The van der Waals surface area contributed by atoms with Crippen LogP contribution in [0.3, 0.4) is 0 Å². The van der Waals surface area contributed by atoms with Gasteiger partial charge in [0.05, 0.1) is 5.56 Å². The third kappa shape index (κ3) is 3.84. The molecule has 1 heterocycles. The lowest BCUT2D eigenvalue weighted by Gasteiger charge is -2.01. The molecule has 106 valence electrons. The molecule has 0 saturated carbocycles. The smallest absolute Gasteiger partial charge is 0.303 e. The van der Waals surface area contributed by atoms with Crippen LogP contribution in [0.15, 0.2) is 33.6 Å². The first-order chi connectivity index (χ1) is 9.70. The van der Waals surface area contributed by atoms with Gasteiger partial charge in [-0.1, -0.05) is 12.1 Å². The second kappa shape index (κ2) is 7.09. The Morgan fingerprint density at radius 1 is 1.30 bits per heavy atom. The lowest BCUT2D eigenvalue weighted by Crippen LogP contribution is -1.95. The van der Waals surface area contributed by atoms with Gasteiger partial charge in [0.1, 0.15) is 0 Å². The molecule has 0 amide bonds. The molecule has 1 N–H and O–H groups in total. The van der Waals surface area contributed by atoms with E-state index in [1.165, 1.54) is 0 Å². The quantitative estimate of drug-likeness (QED) is 0.623. The highest BCUT2D eigenvalue weighted by molar-refractivity contribution is 7.98. The van der Waals surface area contributed by atoms with Gasteiger partial charge in [0.25, 0.3) is 0 Å². The number of rotatable bonds is 7. The number of carboxylic acids is 1. The van der Waals surface area contributed by atoms with E-state index in [2.05, 4.69) is 10.2 Å². The molecule has 6 heteroatoms. The molecular weight excluding hydrogens is 276 g/mol. The predicted molar refractivity (Wildman–Crippen MR) is 76.7 cm³/mol. The van der Waals surface area contributed by atoms with Crippen LogP contribution in [-0.2, 0) is 11.2 Å². The summed E-state index contributed by atoms with van der Waals surface area (Å²) >= 11 is 1.63. The summed E-state index contributed by atoms with van der Waals surface area (Å²) in [5, 5.41) is 16.6. The summed E-state index contributed by atoms with van der Waals surface area (Å²) in [5.74, 6) is 0.301. The molecule has 0 aliphatic heterocycles. The van der Waals surface area contributed by atoms with Crippen molar-refractivity contribution in [2.24, 2.45) is 0 Å². The van der Waals surface area contributed by atoms with E-state index in [-0.39, 0.29) is 6.42 Å². The van der Waals surface area contributed by atoms with Crippen LogP contribution >= 0.6 is 11.8 Å². The minimum atomic E-state index is -0.773. The molecule has 0 unspecified atom stereocenters. The molecule has 0 fully saturated rings. The van der Waals surface area contributed by atoms with Gasteiger partial charge < -0.3 is 9.52 Å². The maximum absolute atomic E-state index is 10.4. The van der Waals surface area contributed by atoms with Gasteiger partial charge in [0.15, 0.2) is 0 Å². The number of nitrogens with zero attached hydrogens (tertiary/aromatic N) is 2. The zero-order valence-electron chi connectivity index (χ0n) is 11.2. The van der Waals surface area contributed by atoms with E-state index < -0.39 is 5.97 Å². The van der Waals surface area contributed by atoms with Crippen LogP contribution in [0.2, 0.25) is 0 Å². The highest BCUT2D eigenvalue weighted by Gasteiger charge is 2.11. The van der Waals surface area contributed by atoms with Gasteiger partial charge in [-0.2, -0.15) is 0 Å². The summed E-state index contributed by atoms with van der Waals surface area (Å²) in [6.07, 6.45) is 4.15. The SMILES string of the molecule is CSc1ccccc1-c1nnc(CCCCC(=O)O)o1. The van der Waals surface area contributed by atoms with E-state index in [4.69, 9.17) is 9.52 Å². The Morgan fingerprint density at radius 3 is 2.85 bits per heavy atom. The first kappa shape index (κ1) is 14.6. The summed E-state index contributed by atoms with van der Waals surface area (Å²) in [6, 6.07) is 7.87. The van der Waals surface area contributed by atoms with Crippen molar-refractivity contribution in [3.05, 3.63) is 30.2 Å². The molecule has 0 radical (unpaired) electrons. The zero-order chi connectivity index (χ0) is 14.4. The number of hydrogen-bond donors (Lipinski definition) is 1. The van der Waals surface area contributed by atoms with Crippen molar-refractivity contribution in [3.8, 4) is 11.5 Å². The largest absolute Gasteiger partial charge is 0.481 e. The molecule has 5 nitrogen and oxygen atoms in total. The van der Waals surface area contributed by atoms with Crippen LogP contribution in [0, 0.1) is 0 Å². The van der Waals surface area contributed by atoms with E-state index in [1.807, 2.05) is 30.5 Å². The van der Waals surface area contributed by atoms with Crippen molar-refractivity contribution in [1.82, 2.24) is 10.2 Å². The van der Waals surface area contributed by atoms with Crippen LogP contribution < -0.4 is 0 Å². The second-order valence-electron chi connectivity index (χ2n) is 4.30. The van der Waals surface area contributed by atoms with Crippen molar-refractivity contribution in [3.63, 3.8) is 0 Å². The topological polar surface area (TPSA) is 76.2 Å². The average Bonchev–Trinajstić information content (AvgIpc) is 2.92. The first-order valence-corrected chi connectivity index (χ1v) is 7.60. The minimum Gasteiger partial charge on any atom is -0.481 e. The molecule has 0 aliphatic carbocycles. The predicted octanol–water partition coefficient (Wildman–Crippen LogP) is 3.26. The Balaban J connectivity index is 2.00. The summed E-state index contributed by atoms with van der Waals surface area (Å²) in [7, 11) is 0. The maximum Gasteiger partial charge on any atom is 0.303 e. The normalized spacial score (nSPS) is 10.7. The van der Waals surface area contributed by atoms with Gasteiger partial charge in [0, 0.05) is 17.7 Å². The molecule has 0 bridgehead atoms. The molecule has 0 aliphatic rings. The third-order valence-electron chi connectivity index (χ3n) is 2.84. The van der Waals surface area contributed by atoms with Gasteiger partial charge in [-0.25, -0.2) is 0 Å². The molecule has 2 rings (SSSR count). The standard InChI is InChI=1S/C14H16N2O3S/c1-20-11-7-3-2-6-10(11)14-16-15-12(19-14)8-4-5-9-13(17)18/h2-3,6-7H,4-5,8-9H2,1H3,(H,17,18). The summed E-state index contributed by atoms with van der Waals surface area (Å²) in [6.45, 7) is 0. The van der Waals surface area contributed by atoms with E-state index in [9.17, 15) is 4.79 Å². The van der Waals surface area contributed by atoms with Gasteiger partial charge in [-0.3, -0.25) is 4.79 Å². The lowest BCUT2D eigenvalue weighted by atomic mass is 10.2. The number of thioether (sulfide) groups is 1. The first-order valence-electron chi connectivity index (χ1n) is 6.38. The van der Waals surface area contributed by atoms with Gasteiger partial charge in [-0.15, -0.1) is 22.0 Å². The molecule has 0 atom stereocenters. The Labute approximate surface area is 121 Å². The third-order valence-corrected chi connectivity index (χ3v) is 3.63. The van der Waals surface area contributed by atoms with Crippen LogP contribution in [0.5, 0.6) is 0 Å². The highest BCUT2D eigenvalue weighted by atomic mass is 32.2. The Morgan fingerprint density at radius 2 is 2.10 bits per heavy atom.